The number of nitrogens with one attached hydrogen (secondary N) is 1. The second kappa shape index (κ2) is 7.90. The van der Waals surface area contributed by atoms with Crippen LogP contribution in [0.3, 0.4) is 0 Å². The van der Waals surface area contributed by atoms with Crippen LogP contribution >= 0.6 is 0 Å². The maximum Gasteiger partial charge on any atom is 0.260 e. The normalized spacial score (nSPS) is 13.9. The second-order valence-corrected chi connectivity index (χ2v) is 5.52. The van der Waals surface area contributed by atoms with Crippen molar-refractivity contribution in [1.82, 2.24) is 5.32 Å². The van der Waals surface area contributed by atoms with Crippen LogP contribution in [-0.4, -0.2) is 30.3 Å². The average molecular weight is 279 g/mol. The van der Waals surface area contributed by atoms with Gasteiger partial charge in [-0.1, -0.05) is 32.9 Å². The maximum atomic E-state index is 11.9. The SMILES string of the molecule is CC(CO)CNC(=O)C(C)Oc1cccc(C(C)C)c1. The molecule has 0 aliphatic rings. The van der Waals surface area contributed by atoms with Gasteiger partial charge in [0.25, 0.3) is 5.91 Å². The van der Waals surface area contributed by atoms with Crippen molar-refractivity contribution < 1.29 is 14.6 Å². The molecule has 2 unspecified atom stereocenters. The fraction of sp³-hybridized carbons (Fsp3) is 0.562. The Morgan fingerprint density at radius 3 is 2.60 bits per heavy atom. The van der Waals surface area contributed by atoms with Gasteiger partial charge in [-0.05, 0) is 36.5 Å². The molecule has 0 bridgehead atoms. The molecule has 1 aromatic rings. The van der Waals surface area contributed by atoms with Crippen molar-refractivity contribution in [3.63, 3.8) is 0 Å². The van der Waals surface area contributed by atoms with Crippen LogP contribution < -0.4 is 10.1 Å². The van der Waals surface area contributed by atoms with Crippen molar-refractivity contribution in [2.45, 2.75) is 39.7 Å². The van der Waals surface area contributed by atoms with Crippen LogP contribution in [0.4, 0.5) is 0 Å². The lowest BCUT2D eigenvalue weighted by Gasteiger charge is -2.17. The van der Waals surface area contributed by atoms with E-state index in [1.165, 1.54) is 5.56 Å². The number of rotatable bonds is 7. The number of benzene rings is 1. The summed E-state index contributed by atoms with van der Waals surface area (Å²) in [6.07, 6.45) is -0.552. The monoisotopic (exact) mass is 279 g/mol. The van der Waals surface area contributed by atoms with Gasteiger partial charge in [-0.25, -0.2) is 0 Å². The molecule has 112 valence electrons. The molecule has 1 aromatic carbocycles. The van der Waals surface area contributed by atoms with Crippen LogP contribution in [0.25, 0.3) is 0 Å². The Bertz CT molecular complexity index is 431. The lowest BCUT2D eigenvalue weighted by atomic mass is 10.0. The molecule has 4 heteroatoms. The van der Waals surface area contributed by atoms with Gasteiger partial charge in [0, 0.05) is 13.2 Å². The molecule has 0 aromatic heterocycles. The first-order valence-electron chi connectivity index (χ1n) is 7.09. The highest BCUT2D eigenvalue weighted by Gasteiger charge is 2.15. The van der Waals surface area contributed by atoms with E-state index in [4.69, 9.17) is 9.84 Å². The standard InChI is InChI=1S/C16H25NO3/c1-11(2)14-6-5-7-15(8-14)20-13(4)16(19)17-9-12(3)10-18/h5-8,11-13,18H,9-10H2,1-4H3,(H,17,19). The quantitative estimate of drug-likeness (QED) is 0.805. The predicted molar refractivity (Wildman–Crippen MR) is 79.9 cm³/mol. The van der Waals surface area contributed by atoms with Crippen LogP contribution in [0.2, 0.25) is 0 Å². The minimum absolute atomic E-state index is 0.0513. The van der Waals surface area contributed by atoms with E-state index in [9.17, 15) is 4.79 Å². The van der Waals surface area contributed by atoms with Crippen LogP contribution in [0.5, 0.6) is 5.75 Å². The molecule has 2 atom stereocenters. The number of carbonyl (C=O) groups excluding carboxylic acids is 1. The molecule has 0 saturated carbocycles. The maximum absolute atomic E-state index is 11.9. The largest absolute Gasteiger partial charge is 0.481 e. The van der Waals surface area contributed by atoms with Gasteiger partial charge >= 0.3 is 0 Å². The van der Waals surface area contributed by atoms with E-state index in [-0.39, 0.29) is 18.4 Å². The fourth-order valence-electron chi connectivity index (χ4n) is 1.69. The predicted octanol–water partition coefficient (Wildman–Crippen LogP) is 2.32. The molecule has 0 aliphatic heterocycles. The van der Waals surface area contributed by atoms with Gasteiger partial charge in [-0.15, -0.1) is 0 Å². The Kier molecular flexibility index (Phi) is 6.52. The fourth-order valence-corrected chi connectivity index (χ4v) is 1.69. The van der Waals surface area contributed by atoms with E-state index >= 15 is 0 Å². The summed E-state index contributed by atoms with van der Waals surface area (Å²) in [4.78, 5) is 11.9. The number of aliphatic hydroxyl groups excluding tert-OH is 1. The lowest BCUT2D eigenvalue weighted by Crippen LogP contribution is -2.39. The van der Waals surface area contributed by atoms with Crippen LogP contribution in [0.1, 0.15) is 39.2 Å². The molecule has 0 spiro atoms. The molecule has 1 rings (SSSR count). The minimum Gasteiger partial charge on any atom is -0.481 e. The number of hydrogen-bond acceptors (Lipinski definition) is 3. The van der Waals surface area contributed by atoms with Crippen molar-refractivity contribution >= 4 is 5.91 Å². The van der Waals surface area contributed by atoms with Crippen molar-refractivity contribution in [2.75, 3.05) is 13.2 Å². The smallest absolute Gasteiger partial charge is 0.260 e. The molecule has 4 nitrogen and oxygen atoms in total. The molecule has 0 heterocycles. The molecule has 1 amide bonds. The van der Waals surface area contributed by atoms with E-state index < -0.39 is 6.10 Å². The zero-order valence-electron chi connectivity index (χ0n) is 12.7. The van der Waals surface area contributed by atoms with Gasteiger partial charge in [-0.3, -0.25) is 4.79 Å². The van der Waals surface area contributed by atoms with Crippen molar-refractivity contribution in [3.8, 4) is 5.75 Å². The third-order valence-electron chi connectivity index (χ3n) is 3.14. The lowest BCUT2D eigenvalue weighted by molar-refractivity contribution is -0.127. The van der Waals surface area contributed by atoms with E-state index in [2.05, 4.69) is 19.2 Å². The molecule has 0 fully saturated rings. The van der Waals surface area contributed by atoms with E-state index in [0.717, 1.165) is 0 Å². The topological polar surface area (TPSA) is 58.6 Å². The second-order valence-electron chi connectivity index (χ2n) is 5.52. The van der Waals surface area contributed by atoms with E-state index in [1.807, 2.05) is 31.2 Å². The number of carbonyl (C=O) groups is 1. The van der Waals surface area contributed by atoms with Gasteiger partial charge in [-0.2, -0.15) is 0 Å². The summed E-state index contributed by atoms with van der Waals surface area (Å²) in [5.41, 5.74) is 1.18. The summed E-state index contributed by atoms with van der Waals surface area (Å²) in [5, 5.41) is 11.7. The van der Waals surface area contributed by atoms with Gasteiger partial charge in [0.1, 0.15) is 5.75 Å². The Hall–Kier alpha value is -1.55. The summed E-state index contributed by atoms with van der Waals surface area (Å²) < 4.78 is 5.66. The summed E-state index contributed by atoms with van der Waals surface area (Å²) >= 11 is 0. The van der Waals surface area contributed by atoms with E-state index in [0.29, 0.717) is 18.2 Å². The molecule has 20 heavy (non-hydrogen) atoms. The molecule has 0 radical (unpaired) electrons. The van der Waals surface area contributed by atoms with Crippen molar-refractivity contribution in [1.29, 1.82) is 0 Å². The molecule has 0 saturated heterocycles. The van der Waals surface area contributed by atoms with Gasteiger partial charge in [0.2, 0.25) is 0 Å². The van der Waals surface area contributed by atoms with Crippen LogP contribution in [0.15, 0.2) is 24.3 Å². The summed E-state index contributed by atoms with van der Waals surface area (Å²) in [5.74, 6) is 1.01. The summed E-state index contributed by atoms with van der Waals surface area (Å²) in [6, 6.07) is 7.80. The van der Waals surface area contributed by atoms with Crippen molar-refractivity contribution in [3.05, 3.63) is 29.8 Å². The zero-order valence-corrected chi connectivity index (χ0v) is 12.7. The molecular weight excluding hydrogens is 254 g/mol. The molecule has 0 aliphatic carbocycles. The average Bonchev–Trinajstić information content (AvgIpc) is 2.44. The molecule has 2 N–H and O–H groups in total. The van der Waals surface area contributed by atoms with Crippen LogP contribution in [-0.2, 0) is 4.79 Å². The Morgan fingerprint density at radius 1 is 1.30 bits per heavy atom. The third kappa shape index (κ3) is 5.21. The van der Waals surface area contributed by atoms with Crippen LogP contribution in [0, 0.1) is 5.92 Å². The first-order chi connectivity index (χ1) is 9.43. The van der Waals surface area contributed by atoms with Gasteiger partial charge < -0.3 is 15.2 Å². The Labute approximate surface area is 121 Å². The summed E-state index contributed by atoms with van der Waals surface area (Å²) in [7, 11) is 0. The number of amides is 1. The number of hydrogen-bond donors (Lipinski definition) is 2. The Morgan fingerprint density at radius 2 is 2.00 bits per heavy atom. The van der Waals surface area contributed by atoms with E-state index in [1.54, 1.807) is 6.92 Å². The Balaban J connectivity index is 2.54. The highest BCUT2D eigenvalue weighted by atomic mass is 16.5. The first kappa shape index (κ1) is 16.5. The third-order valence-corrected chi connectivity index (χ3v) is 3.14. The zero-order chi connectivity index (χ0) is 15.1. The first-order valence-corrected chi connectivity index (χ1v) is 7.09. The highest BCUT2D eigenvalue weighted by molar-refractivity contribution is 5.80. The summed E-state index contributed by atoms with van der Waals surface area (Å²) in [6.45, 7) is 8.34. The number of ether oxygens (including phenoxy) is 1. The van der Waals surface area contributed by atoms with Crippen molar-refractivity contribution in [2.24, 2.45) is 5.92 Å². The van der Waals surface area contributed by atoms with Gasteiger partial charge in [0.05, 0.1) is 0 Å². The molecular formula is C16H25NO3. The number of aliphatic hydroxyl groups is 1. The minimum atomic E-state index is -0.552. The van der Waals surface area contributed by atoms with Gasteiger partial charge in [0.15, 0.2) is 6.10 Å². The highest BCUT2D eigenvalue weighted by Crippen LogP contribution is 2.20.